The highest BCUT2D eigenvalue weighted by atomic mass is 16.6. The van der Waals surface area contributed by atoms with Gasteiger partial charge in [-0.25, -0.2) is 0 Å². The van der Waals surface area contributed by atoms with Gasteiger partial charge in [0, 0.05) is 0 Å². The van der Waals surface area contributed by atoms with Crippen LogP contribution in [-0.2, 0) is 0 Å². The Morgan fingerprint density at radius 1 is 1.47 bits per heavy atom. The molecule has 1 aromatic carbocycles. The molecular weight excluding hydrogens is 214 g/mol. The fraction of sp³-hybridized carbons (Fsp3) is 0.429. The summed E-state index contributed by atoms with van der Waals surface area (Å²) in [6, 6.07) is 8.01. The highest BCUT2D eigenvalue weighted by Gasteiger charge is 2.27. The molecule has 1 aliphatic heterocycles. The van der Waals surface area contributed by atoms with Crippen LogP contribution in [-0.4, -0.2) is 25.8 Å². The summed E-state index contributed by atoms with van der Waals surface area (Å²) in [7, 11) is 1.94. The number of hydrogen-bond donors (Lipinski definition) is 1. The largest absolute Gasteiger partial charge is 0.486 e. The van der Waals surface area contributed by atoms with Crippen molar-refractivity contribution in [2.45, 2.75) is 25.5 Å². The van der Waals surface area contributed by atoms with Crippen LogP contribution in [0.2, 0.25) is 0 Å². The Labute approximate surface area is 102 Å². The van der Waals surface area contributed by atoms with Gasteiger partial charge in [0.2, 0.25) is 0 Å². The topological polar surface area (TPSA) is 30.5 Å². The molecule has 3 heteroatoms. The molecule has 2 rings (SSSR count). The van der Waals surface area contributed by atoms with Gasteiger partial charge in [-0.3, -0.25) is 0 Å². The van der Waals surface area contributed by atoms with Gasteiger partial charge in [0.15, 0.2) is 11.5 Å². The quantitative estimate of drug-likeness (QED) is 0.810. The lowest BCUT2D eigenvalue weighted by molar-refractivity contribution is 0.0641. The van der Waals surface area contributed by atoms with Crippen molar-refractivity contribution in [1.82, 2.24) is 5.32 Å². The molecule has 0 spiro atoms. The number of likely N-dealkylation sites (N-methyl/N-ethyl adjacent to an activating group) is 1. The molecule has 0 bridgehead atoms. The first kappa shape index (κ1) is 12.0. The van der Waals surface area contributed by atoms with Gasteiger partial charge < -0.3 is 14.8 Å². The van der Waals surface area contributed by atoms with Crippen molar-refractivity contribution in [2.75, 3.05) is 13.7 Å². The molecular formula is C14H19NO2. The van der Waals surface area contributed by atoms with Crippen molar-refractivity contribution >= 4 is 0 Å². The van der Waals surface area contributed by atoms with Crippen molar-refractivity contribution in [3.8, 4) is 11.5 Å². The van der Waals surface area contributed by atoms with Crippen molar-refractivity contribution in [2.24, 2.45) is 0 Å². The zero-order valence-corrected chi connectivity index (χ0v) is 10.4. The van der Waals surface area contributed by atoms with E-state index in [1.54, 1.807) is 0 Å². The fourth-order valence-corrected chi connectivity index (χ4v) is 2.03. The zero-order chi connectivity index (χ0) is 12.3. The molecule has 0 saturated carbocycles. The summed E-state index contributed by atoms with van der Waals surface area (Å²) in [5, 5.41) is 3.27. The number of benzene rings is 1. The lowest BCUT2D eigenvalue weighted by Gasteiger charge is -2.32. The monoisotopic (exact) mass is 233 g/mol. The Kier molecular flexibility index (Phi) is 3.69. The maximum absolute atomic E-state index is 5.96. The molecule has 0 radical (unpaired) electrons. The number of para-hydroxylation sites is 2. The van der Waals surface area contributed by atoms with Crippen LogP contribution in [0.25, 0.3) is 0 Å². The van der Waals surface area contributed by atoms with Crippen LogP contribution in [0, 0.1) is 0 Å². The molecule has 17 heavy (non-hydrogen) atoms. The zero-order valence-electron chi connectivity index (χ0n) is 10.4. The normalized spacial score (nSPS) is 19.8. The number of ether oxygens (including phenoxy) is 2. The number of rotatable bonds is 4. The highest BCUT2D eigenvalue weighted by molar-refractivity contribution is 5.40. The Morgan fingerprint density at radius 2 is 2.18 bits per heavy atom. The molecule has 1 aromatic rings. The van der Waals surface area contributed by atoms with Crippen LogP contribution in [0.15, 0.2) is 36.4 Å². The van der Waals surface area contributed by atoms with E-state index in [1.165, 1.54) is 0 Å². The molecule has 0 aromatic heterocycles. The standard InChI is InChI=1S/C14H19NO2/c1-10(2)8-11(15-3)14-9-16-12-6-4-5-7-13(12)17-14/h4-7,11,14-15H,1,8-9H2,2-3H3. The molecule has 0 saturated heterocycles. The molecule has 1 N–H and O–H groups in total. The van der Waals surface area contributed by atoms with Crippen molar-refractivity contribution < 1.29 is 9.47 Å². The third-order valence-corrected chi connectivity index (χ3v) is 2.92. The Bertz CT molecular complexity index is 403. The number of fused-ring (bicyclic) bond motifs is 1. The van der Waals surface area contributed by atoms with Crippen LogP contribution >= 0.6 is 0 Å². The predicted octanol–water partition coefficient (Wildman–Crippen LogP) is 2.38. The molecule has 1 heterocycles. The summed E-state index contributed by atoms with van der Waals surface area (Å²) in [5.74, 6) is 1.65. The lowest BCUT2D eigenvalue weighted by atomic mass is 10.0. The van der Waals surface area contributed by atoms with E-state index >= 15 is 0 Å². The van der Waals surface area contributed by atoms with Crippen LogP contribution in [0.1, 0.15) is 13.3 Å². The second-order valence-electron chi connectivity index (χ2n) is 4.47. The molecule has 2 unspecified atom stereocenters. The van der Waals surface area contributed by atoms with Gasteiger partial charge in [0.25, 0.3) is 0 Å². The SMILES string of the molecule is C=C(C)CC(NC)C1COc2ccccc2O1. The van der Waals surface area contributed by atoms with Crippen molar-refractivity contribution in [3.63, 3.8) is 0 Å². The summed E-state index contributed by atoms with van der Waals surface area (Å²) in [5.41, 5.74) is 1.15. The van der Waals surface area contributed by atoms with E-state index < -0.39 is 0 Å². The van der Waals surface area contributed by atoms with Gasteiger partial charge >= 0.3 is 0 Å². The maximum atomic E-state index is 5.96. The highest BCUT2D eigenvalue weighted by Crippen LogP contribution is 2.32. The van der Waals surface area contributed by atoms with E-state index in [0.717, 1.165) is 23.5 Å². The van der Waals surface area contributed by atoms with Gasteiger partial charge in [-0.2, -0.15) is 0 Å². The molecule has 0 fully saturated rings. The first-order valence-corrected chi connectivity index (χ1v) is 5.91. The maximum Gasteiger partial charge on any atom is 0.161 e. The fourth-order valence-electron chi connectivity index (χ4n) is 2.03. The number of nitrogens with one attached hydrogen (secondary N) is 1. The van der Waals surface area contributed by atoms with Gasteiger partial charge in [-0.15, -0.1) is 6.58 Å². The predicted molar refractivity (Wildman–Crippen MR) is 68.6 cm³/mol. The van der Waals surface area contributed by atoms with Crippen molar-refractivity contribution in [1.29, 1.82) is 0 Å². The summed E-state index contributed by atoms with van der Waals surface area (Å²) < 4.78 is 11.7. The van der Waals surface area contributed by atoms with Gasteiger partial charge in [-0.05, 0) is 32.5 Å². The van der Waals surface area contributed by atoms with Crippen LogP contribution in [0.3, 0.4) is 0 Å². The van der Waals surface area contributed by atoms with Crippen LogP contribution in [0.5, 0.6) is 11.5 Å². The van der Waals surface area contributed by atoms with E-state index in [-0.39, 0.29) is 12.1 Å². The van der Waals surface area contributed by atoms with Gasteiger partial charge in [-0.1, -0.05) is 17.7 Å². The second-order valence-corrected chi connectivity index (χ2v) is 4.47. The van der Waals surface area contributed by atoms with E-state index in [2.05, 4.69) is 11.9 Å². The molecule has 3 nitrogen and oxygen atoms in total. The summed E-state index contributed by atoms with van der Waals surface area (Å²) >= 11 is 0. The van der Waals surface area contributed by atoms with Crippen molar-refractivity contribution in [3.05, 3.63) is 36.4 Å². The van der Waals surface area contributed by atoms with E-state index in [1.807, 2.05) is 38.2 Å². The van der Waals surface area contributed by atoms with E-state index in [9.17, 15) is 0 Å². The summed E-state index contributed by atoms with van der Waals surface area (Å²) in [4.78, 5) is 0. The average molecular weight is 233 g/mol. The van der Waals surface area contributed by atoms with Crippen LogP contribution < -0.4 is 14.8 Å². The minimum absolute atomic E-state index is 0.0339. The summed E-state index contributed by atoms with van der Waals surface area (Å²) in [6.07, 6.45) is 0.929. The van der Waals surface area contributed by atoms with Crippen LogP contribution in [0.4, 0.5) is 0 Å². The Hall–Kier alpha value is -1.48. The van der Waals surface area contributed by atoms with E-state index in [4.69, 9.17) is 9.47 Å². The third-order valence-electron chi connectivity index (χ3n) is 2.92. The Morgan fingerprint density at radius 3 is 2.82 bits per heavy atom. The van der Waals surface area contributed by atoms with Gasteiger partial charge in [0.1, 0.15) is 12.7 Å². The minimum Gasteiger partial charge on any atom is -0.486 e. The smallest absolute Gasteiger partial charge is 0.161 e. The Balaban J connectivity index is 2.08. The third kappa shape index (κ3) is 2.80. The first-order chi connectivity index (χ1) is 8.20. The number of hydrogen-bond acceptors (Lipinski definition) is 3. The molecule has 2 atom stereocenters. The molecule has 0 amide bonds. The van der Waals surface area contributed by atoms with E-state index in [0.29, 0.717) is 6.61 Å². The lowest BCUT2D eigenvalue weighted by Crippen LogP contribution is -2.46. The summed E-state index contributed by atoms with van der Waals surface area (Å²) in [6.45, 7) is 6.55. The first-order valence-electron chi connectivity index (χ1n) is 5.91. The molecule has 92 valence electrons. The minimum atomic E-state index is 0.0339. The molecule has 1 aliphatic rings. The average Bonchev–Trinajstić information content (AvgIpc) is 2.35. The van der Waals surface area contributed by atoms with Gasteiger partial charge in [0.05, 0.1) is 6.04 Å². The molecule has 0 aliphatic carbocycles. The second kappa shape index (κ2) is 5.23.